The van der Waals surface area contributed by atoms with Crippen LogP contribution in [0.5, 0.6) is 0 Å². The molecule has 1 aliphatic rings. The maximum Gasteiger partial charge on any atom is 0.154 e. The van der Waals surface area contributed by atoms with E-state index in [9.17, 15) is 0 Å². The molecular weight excluding hydrogens is 312 g/mol. The van der Waals surface area contributed by atoms with Gasteiger partial charge in [-0.05, 0) is 18.6 Å². The third kappa shape index (κ3) is 3.20. The van der Waals surface area contributed by atoms with Crippen LogP contribution in [0.25, 0.3) is 16.9 Å². The van der Waals surface area contributed by atoms with Gasteiger partial charge in [-0.3, -0.25) is 4.99 Å². The molecule has 2 N–H and O–H groups in total. The minimum atomic E-state index is 0.849. The van der Waals surface area contributed by atoms with Crippen molar-refractivity contribution in [3.05, 3.63) is 48.2 Å². The Morgan fingerprint density at radius 3 is 2.72 bits per heavy atom. The number of fused-ring (bicyclic) bond motifs is 1. The van der Waals surface area contributed by atoms with Gasteiger partial charge in [-0.25, -0.2) is 9.50 Å². The summed E-state index contributed by atoms with van der Waals surface area (Å²) < 4.78 is 1.90. The Hall–Kier alpha value is -2.89. The monoisotopic (exact) mass is 334 g/mol. The van der Waals surface area contributed by atoms with Crippen LogP contribution in [0.2, 0.25) is 0 Å². The molecule has 0 saturated heterocycles. The fourth-order valence-electron chi connectivity index (χ4n) is 2.95. The number of benzene rings is 1. The molecule has 0 fully saturated rings. The predicted molar refractivity (Wildman–Crippen MR) is 101 cm³/mol. The number of amidine groups is 1. The number of hydrogen-bond donors (Lipinski definition) is 2. The molecule has 0 bridgehead atoms. The number of nitrogens with zero attached hydrogens (tertiary/aromatic N) is 4. The van der Waals surface area contributed by atoms with Gasteiger partial charge in [0.15, 0.2) is 5.65 Å². The summed E-state index contributed by atoms with van der Waals surface area (Å²) in [6, 6.07) is 12.4. The number of hydrogen-bond acceptors (Lipinski definition) is 5. The van der Waals surface area contributed by atoms with Crippen LogP contribution < -0.4 is 10.6 Å². The van der Waals surface area contributed by atoms with Crippen LogP contribution in [0.4, 0.5) is 5.82 Å². The molecule has 0 unspecified atom stereocenters. The Kier molecular flexibility index (Phi) is 4.33. The second-order valence-electron chi connectivity index (χ2n) is 6.15. The first kappa shape index (κ1) is 15.6. The maximum atomic E-state index is 4.69. The van der Waals surface area contributed by atoms with Gasteiger partial charge in [0.2, 0.25) is 0 Å². The fourth-order valence-corrected chi connectivity index (χ4v) is 2.95. The molecule has 25 heavy (non-hydrogen) atoms. The van der Waals surface area contributed by atoms with Crippen LogP contribution in [-0.4, -0.2) is 40.1 Å². The second kappa shape index (κ2) is 6.93. The zero-order valence-electron chi connectivity index (χ0n) is 14.4. The summed E-state index contributed by atoms with van der Waals surface area (Å²) in [7, 11) is 0. The van der Waals surface area contributed by atoms with Crippen LogP contribution in [0, 0.1) is 0 Å². The molecule has 6 heteroatoms. The molecule has 1 aromatic carbocycles. The smallest absolute Gasteiger partial charge is 0.154 e. The van der Waals surface area contributed by atoms with Crippen molar-refractivity contribution >= 4 is 17.3 Å². The highest BCUT2D eigenvalue weighted by Crippen LogP contribution is 2.21. The van der Waals surface area contributed by atoms with Crippen molar-refractivity contribution in [2.24, 2.45) is 4.99 Å². The Labute approximate surface area is 147 Å². The van der Waals surface area contributed by atoms with E-state index in [1.165, 1.54) is 0 Å². The Balaban J connectivity index is 1.62. The third-order valence-corrected chi connectivity index (χ3v) is 4.33. The van der Waals surface area contributed by atoms with E-state index in [4.69, 9.17) is 5.10 Å². The van der Waals surface area contributed by atoms with E-state index in [1.807, 2.05) is 22.8 Å². The summed E-state index contributed by atoms with van der Waals surface area (Å²) in [5.74, 6) is 1.85. The summed E-state index contributed by atoms with van der Waals surface area (Å²) in [6.45, 7) is 4.88. The molecule has 3 aromatic rings. The van der Waals surface area contributed by atoms with Crippen LogP contribution in [-0.2, 0) is 0 Å². The average Bonchev–Trinajstić information content (AvgIpc) is 3.32. The summed E-state index contributed by atoms with van der Waals surface area (Å²) in [5, 5.41) is 11.4. The molecule has 0 amide bonds. The van der Waals surface area contributed by atoms with Gasteiger partial charge >= 0.3 is 0 Å². The van der Waals surface area contributed by atoms with Crippen LogP contribution in [0.1, 0.15) is 25.3 Å². The van der Waals surface area contributed by atoms with Crippen molar-refractivity contribution in [2.75, 3.05) is 25.0 Å². The lowest BCUT2D eigenvalue weighted by atomic mass is 10.1. The number of rotatable bonds is 6. The largest absolute Gasteiger partial charge is 0.369 e. The predicted octanol–water partition coefficient (Wildman–Crippen LogP) is 2.96. The summed E-state index contributed by atoms with van der Waals surface area (Å²) in [6.07, 6.45) is 4.17. The number of unbranched alkanes of at least 4 members (excludes halogenated alkanes) is 1. The summed E-state index contributed by atoms with van der Waals surface area (Å²) >= 11 is 0. The fraction of sp³-hybridized carbons (Fsp3) is 0.316. The Morgan fingerprint density at radius 2 is 1.96 bits per heavy atom. The first-order chi connectivity index (χ1) is 12.3. The van der Waals surface area contributed by atoms with Gasteiger partial charge < -0.3 is 10.6 Å². The molecule has 1 aliphatic heterocycles. The molecule has 2 aromatic heterocycles. The normalized spacial score (nSPS) is 13.7. The Morgan fingerprint density at radius 1 is 1.12 bits per heavy atom. The minimum Gasteiger partial charge on any atom is -0.369 e. The van der Waals surface area contributed by atoms with Crippen LogP contribution >= 0.6 is 0 Å². The van der Waals surface area contributed by atoms with Gasteiger partial charge in [-0.15, -0.1) is 5.10 Å². The number of aliphatic imine (C=N–C) groups is 1. The Bertz CT molecular complexity index is 894. The number of aromatic nitrogens is 3. The van der Waals surface area contributed by atoms with Gasteiger partial charge in [0.1, 0.15) is 11.7 Å². The number of imidazole rings is 1. The number of nitrogens with one attached hydrogen (secondary N) is 2. The van der Waals surface area contributed by atoms with E-state index >= 15 is 0 Å². The zero-order valence-corrected chi connectivity index (χ0v) is 14.4. The van der Waals surface area contributed by atoms with Crippen molar-refractivity contribution in [3.8, 4) is 11.3 Å². The maximum absolute atomic E-state index is 4.69. The molecule has 0 saturated carbocycles. The molecule has 0 aliphatic carbocycles. The van der Waals surface area contributed by atoms with Crippen LogP contribution in [0.3, 0.4) is 0 Å². The van der Waals surface area contributed by atoms with E-state index in [0.29, 0.717) is 0 Å². The van der Waals surface area contributed by atoms with Crippen LogP contribution in [0.15, 0.2) is 47.6 Å². The molecule has 4 rings (SSSR count). The van der Waals surface area contributed by atoms with Crippen molar-refractivity contribution in [1.29, 1.82) is 0 Å². The molecular formula is C19H22N6. The number of anilines is 1. The molecule has 6 nitrogen and oxygen atoms in total. The van der Waals surface area contributed by atoms with Crippen molar-refractivity contribution in [3.63, 3.8) is 0 Å². The van der Waals surface area contributed by atoms with E-state index in [1.54, 1.807) is 0 Å². The standard InChI is InChI=1S/C19H22N6/c1-2-3-10-20-17-8-9-18-23-13-16(25(18)24-17)14-4-6-15(7-5-14)19-21-11-12-22-19/h4-9,13H,2-3,10-12H2,1H3,(H,20,24)(H,21,22). The average molecular weight is 334 g/mol. The van der Waals surface area contributed by atoms with Gasteiger partial charge in [0.05, 0.1) is 18.4 Å². The highest BCUT2D eigenvalue weighted by molar-refractivity contribution is 6.00. The van der Waals surface area contributed by atoms with E-state index < -0.39 is 0 Å². The summed E-state index contributed by atoms with van der Waals surface area (Å²) in [5.41, 5.74) is 4.04. The minimum absolute atomic E-state index is 0.849. The van der Waals surface area contributed by atoms with Gasteiger partial charge in [-0.2, -0.15) is 0 Å². The molecule has 3 heterocycles. The first-order valence-corrected chi connectivity index (χ1v) is 8.83. The lowest BCUT2D eigenvalue weighted by Gasteiger charge is -2.07. The van der Waals surface area contributed by atoms with Gasteiger partial charge in [-0.1, -0.05) is 37.6 Å². The van der Waals surface area contributed by atoms with Gasteiger partial charge in [0, 0.05) is 24.2 Å². The topological polar surface area (TPSA) is 66.6 Å². The summed E-state index contributed by atoms with van der Waals surface area (Å²) in [4.78, 5) is 8.93. The lowest BCUT2D eigenvalue weighted by molar-refractivity contribution is 0.823. The molecule has 128 valence electrons. The molecule has 0 radical (unpaired) electrons. The molecule has 0 spiro atoms. The van der Waals surface area contributed by atoms with E-state index in [-0.39, 0.29) is 0 Å². The second-order valence-corrected chi connectivity index (χ2v) is 6.15. The first-order valence-electron chi connectivity index (χ1n) is 8.83. The third-order valence-electron chi connectivity index (χ3n) is 4.33. The lowest BCUT2D eigenvalue weighted by Crippen LogP contribution is -2.19. The molecule has 0 atom stereocenters. The SMILES string of the molecule is CCCCNc1ccc2ncc(-c3ccc(C4=NCCN4)cc3)n2n1. The van der Waals surface area contributed by atoms with E-state index in [2.05, 4.69) is 51.8 Å². The quantitative estimate of drug-likeness (QED) is 0.680. The highest BCUT2D eigenvalue weighted by Gasteiger charge is 2.11. The van der Waals surface area contributed by atoms with Crippen molar-refractivity contribution < 1.29 is 0 Å². The van der Waals surface area contributed by atoms with Crippen molar-refractivity contribution in [1.82, 2.24) is 19.9 Å². The highest BCUT2D eigenvalue weighted by atomic mass is 15.3. The van der Waals surface area contributed by atoms with Gasteiger partial charge in [0.25, 0.3) is 0 Å². The van der Waals surface area contributed by atoms with E-state index in [0.717, 1.165) is 66.6 Å². The van der Waals surface area contributed by atoms with Crippen molar-refractivity contribution in [2.45, 2.75) is 19.8 Å². The zero-order chi connectivity index (χ0) is 17.1.